The Hall–Kier alpha value is -1.84. The third-order valence-corrected chi connectivity index (χ3v) is 3.71. The fourth-order valence-corrected chi connectivity index (χ4v) is 2.53. The summed E-state index contributed by atoms with van der Waals surface area (Å²) in [6.07, 6.45) is 6.85. The molecule has 1 aliphatic heterocycles. The number of rotatable bonds is 6. The molecule has 0 spiro atoms. The molecule has 0 aliphatic carbocycles. The van der Waals surface area contributed by atoms with Crippen molar-refractivity contribution in [2.45, 2.75) is 51.0 Å². The Bertz CT molecular complexity index is 468. The van der Waals surface area contributed by atoms with Crippen LogP contribution in [-0.4, -0.2) is 17.9 Å². The predicted octanol–water partition coefficient (Wildman–Crippen LogP) is 2.78. The van der Waals surface area contributed by atoms with E-state index in [1.54, 1.807) is 0 Å². The van der Waals surface area contributed by atoms with Gasteiger partial charge in [0.15, 0.2) is 0 Å². The molecular formula is C16H22N2O2. The molecule has 1 aromatic rings. The quantitative estimate of drug-likeness (QED) is 0.362. The van der Waals surface area contributed by atoms with Gasteiger partial charge >= 0.3 is 5.97 Å². The van der Waals surface area contributed by atoms with E-state index in [0.29, 0.717) is 6.42 Å². The second-order valence-electron chi connectivity index (χ2n) is 5.36. The molecule has 1 unspecified atom stereocenters. The monoisotopic (exact) mass is 274 g/mol. The van der Waals surface area contributed by atoms with Gasteiger partial charge in [-0.3, -0.25) is 10.2 Å². The zero-order chi connectivity index (χ0) is 14.4. The van der Waals surface area contributed by atoms with Gasteiger partial charge in [0.2, 0.25) is 0 Å². The van der Waals surface area contributed by atoms with Crippen molar-refractivity contribution in [3.63, 3.8) is 0 Å². The van der Waals surface area contributed by atoms with E-state index in [0.717, 1.165) is 44.1 Å². The Morgan fingerprint density at radius 2 is 2.05 bits per heavy atom. The molecule has 0 saturated carbocycles. The van der Waals surface area contributed by atoms with Crippen molar-refractivity contribution in [1.29, 1.82) is 5.41 Å². The maximum Gasteiger partial charge on any atom is 0.306 e. The summed E-state index contributed by atoms with van der Waals surface area (Å²) in [4.78, 5) is 11.2. The number of hydrogen-bond donors (Lipinski definition) is 2. The van der Waals surface area contributed by atoms with Gasteiger partial charge in [-0.05, 0) is 44.1 Å². The average Bonchev–Trinajstić information content (AvgIpc) is 2.44. The first-order valence-electron chi connectivity index (χ1n) is 7.28. The smallest absolute Gasteiger partial charge is 0.306 e. The molecule has 2 rings (SSSR count). The lowest BCUT2D eigenvalue weighted by Gasteiger charge is -2.22. The van der Waals surface area contributed by atoms with Crippen LogP contribution in [0.5, 0.6) is 0 Å². The first-order valence-corrected chi connectivity index (χ1v) is 7.28. The first-order chi connectivity index (χ1) is 9.65. The summed E-state index contributed by atoms with van der Waals surface area (Å²) in [5.74, 6) is 0.0664. The summed E-state index contributed by atoms with van der Waals surface area (Å²) < 4.78 is 5.30. The molecule has 1 atom stereocenters. The number of amidine groups is 1. The van der Waals surface area contributed by atoms with Crippen molar-refractivity contribution in [2.24, 2.45) is 5.73 Å². The Balaban J connectivity index is 1.67. The van der Waals surface area contributed by atoms with Crippen LogP contribution in [0.15, 0.2) is 24.3 Å². The van der Waals surface area contributed by atoms with E-state index in [1.165, 1.54) is 5.56 Å². The van der Waals surface area contributed by atoms with Gasteiger partial charge in [-0.15, -0.1) is 0 Å². The van der Waals surface area contributed by atoms with Gasteiger partial charge in [0.25, 0.3) is 0 Å². The molecule has 108 valence electrons. The molecule has 4 nitrogen and oxygen atoms in total. The molecule has 20 heavy (non-hydrogen) atoms. The van der Waals surface area contributed by atoms with E-state index in [-0.39, 0.29) is 17.9 Å². The van der Waals surface area contributed by atoms with E-state index in [1.807, 2.05) is 24.3 Å². The fourth-order valence-electron chi connectivity index (χ4n) is 2.53. The minimum Gasteiger partial charge on any atom is -0.462 e. The van der Waals surface area contributed by atoms with Crippen molar-refractivity contribution in [1.82, 2.24) is 0 Å². The summed E-state index contributed by atoms with van der Waals surface area (Å²) in [5.41, 5.74) is 7.45. The van der Waals surface area contributed by atoms with E-state index >= 15 is 0 Å². The summed E-state index contributed by atoms with van der Waals surface area (Å²) in [6.45, 7) is 0. The normalized spacial score (nSPS) is 18.6. The number of aryl methyl sites for hydroxylation is 1. The molecule has 0 radical (unpaired) electrons. The number of benzene rings is 1. The topological polar surface area (TPSA) is 76.2 Å². The van der Waals surface area contributed by atoms with Crippen molar-refractivity contribution in [3.8, 4) is 0 Å². The number of cyclic esters (lactones) is 1. The number of carbonyl (C=O) groups is 1. The summed E-state index contributed by atoms with van der Waals surface area (Å²) in [6, 6.07) is 7.83. The van der Waals surface area contributed by atoms with Crippen LogP contribution < -0.4 is 5.73 Å². The number of nitrogen functional groups attached to an aromatic ring is 1. The van der Waals surface area contributed by atoms with Crippen molar-refractivity contribution in [3.05, 3.63) is 35.4 Å². The van der Waals surface area contributed by atoms with Gasteiger partial charge in [0, 0.05) is 12.0 Å². The minimum atomic E-state index is -0.0407. The van der Waals surface area contributed by atoms with E-state index in [4.69, 9.17) is 15.9 Å². The van der Waals surface area contributed by atoms with Crippen LogP contribution in [0.2, 0.25) is 0 Å². The van der Waals surface area contributed by atoms with Crippen LogP contribution in [0.1, 0.15) is 49.7 Å². The van der Waals surface area contributed by atoms with Crippen molar-refractivity contribution < 1.29 is 9.53 Å². The highest BCUT2D eigenvalue weighted by molar-refractivity contribution is 5.94. The van der Waals surface area contributed by atoms with Gasteiger partial charge in [-0.2, -0.15) is 0 Å². The van der Waals surface area contributed by atoms with Gasteiger partial charge in [0.05, 0.1) is 0 Å². The van der Waals surface area contributed by atoms with Crippen LogP contribution in [0.4, 0.5) is 0 Å². The maximum atomic E-state index is 11.2. The van der Waals surface area contributed by atoms with Crippen LogP contribution in [0.25, 0.3) is 0 Å². The van der Waals surface area contributed by atoms with Crippen LogP contribution >= 0.6 is 0 Å². The van der Waals surface area contributed by atoms with Crippen LogP contribution in [-0.2, 0) is 16.0 Å². The number of carbonyl (C=O) groups excluding carboxylic acids is 1. The standard InChI is InChI=1S/C16H22N2O2/c17-16(18)13-10-8-12(9-11-13)4-1-2-5-14-6-3-7-15(19)20-14/h8-11,14H,1-7H2,(H3,17,18). The highest BCUT2D eigenvalue weighted by atomic mass is 16.5. The lowest BCUT2D eigenvalue weighted by Crippen LogP contribution is -2.23. The zero-order valence-electron chi connectivity index (χ0n) is 11.7. The molecule has 1 aromatic carbocycles. The fraction of sp³-hybridized carbons (Fsp3) is 0.500. The molecule has 1 heterocycles. The number of nitrogens with one attached hydrogen (secondary N) is 1. The van der Waals surface area contributed by atoms with Crippen LogP contribution in [0, 0.1) is 5.41 Å². The summed E-state index contributed by atoms with van der Waals surface area (Å²) in [5, 5.41) is 7.34. The summed E-state index contributed by atoms with van der Waals surface area (Å²) >= 11 is 0. The number of esters is 1. The minimum absolute atomic E-state index is 0.0407. The second-order valence-corrected chi connectivity index (χ2v) is 5.36. The van der Waals surface area contributed by atoms with E-state index in [9.17, 15) is 4.79 Å². The number of unbranched alkanes of at least 4 members (excludes halogenated alkanes) is 1. The van der Waals surface area contributed by atoms with Crippen molar-refractivity contribution >= 4 is 11.8 Å². The van der Waals surface area contributed by atoms with Gasteiger partial charge < -0.3 is 10.5 Å². The lowest BCUT2D eigenvalue weighted by atomic mass is 10.0. The SMILES string of the molecule is N=C(N)c1ccc(CCCCC2CCCC(=O)O2)cc1. The van der Waals surface area contributed by atoms with Crippen molar-refractivity contribution in [2.75, 3.05) is 0 Å². The molecule has 0 aromatic heterocycles. The molecule has 1 aliphatic rings. The predicted molar refractivity (Wildman–Crippen MR) is 78.7 cm³/mol. The molecule has 1 fully saturated rings. The molecular weight excluding hydrogens is 252 g/mol. The molecule has 1 saturated heterocycles. The highest BCUT2D eigenvalue weighted by Gasteiger charge is 2.19. The third-order valence-electron chi connectivity index (χ3n) is 3.71. The van der Waals surface area contributed by atoms with Gasteiger partial charge in [0.1, 0.15) is 11.9 Å². The molecule has 4 heteroatoms. The molecule has 3 N–H and O–H groups in total. The number of ether oxygens (including phenoxy) is 1. The number of nitrogens with two attached hydrogens (primary N) is 1. The largest absolute Gasteiger partial charge is 0.462 e. The van der Waals surface area contributed by atoms with Gasteiger partial charge in [-0.1, -0.05) is 24.3 Å². The number of hydrogen-bond acceptors (Lipinski definition) is 3. The first kappa shape index (κ1) is 14.6. The third kappa shape index (κ3) is 4.37. The Kier molecular flexibility index (Phi) is 5.16. The Labute approximate surface area is 119 Å². The van der Waals surface area contributed by atoms with Crippen LogP contribution in [0.3, 0.4) is 0 Å². The molecule has 0 amide bonds. The van der Waals surface area contributed by atoms with Gasteiger partial charge in [-0.25, -0.2) is 0 Å². The van der Waals surface area contributed by atoms with E-state index < -0.39 is 0 Å². The second kappa shape index (κ2) is 7.08. The average molecular weight is 274 g/mol. The van der Waals surface area contributed by atoms with E-state index in [2.05, 4.69) is 0 Å². The zero-order valence-corrected chi connectivity index (χ0v) is 11.7. The Morgan fingerprint density at radius 1 is 1.30 bits per heavy atom. The Morgan fingerprint density at radius 3 is 2.70 bits per heavy atom. The highest BCUT2D eigenvalue weighted by Crippen LogP contribution is 2.19. The lowest BCUT2D eigenvalue weighted by molar-refractivity contribution is -0.154. The maximum absolute atomic E-state index is 11.2. The summed E-state index contributed by atoms with van der Waals surface area (Å²) in [7, 11) is 0. The molecule has 0 bridgehead atoms.